The molecule has 0 aliphatic carbocycles. The highest BCUT2D eigenvalue weighted by molar-refractivity contribution is 7.98. The van der Waals surface area contributed by atoms with Gasteiger partial charge in [0.15, 0.2) is 0 Å². The quantitative estimate of drug-likeness (QED) is 0.787. The summed E-state index contributed by atoms with van der Waals surface area (Å²) in [5.74, 6) is 0.739. The lowest BCUT2D eigenvalue weighted by Gasteiger charge is -2.17. The topological polar surface area (TPSA) is 32.3 Å². The highest BCUT2D eigenvalue weighted by Crippen LogP contribution is 2.15. The minimum Gasteiger partial charge on any atom is -0.387 e. The van der Waals surface area contributed by atoms with E-state index in [9.17, 15) is 9.50 Å². The maximum absolute atomic E-state index is 13.4. The summed E-state index contributed by atoms with van der Waals surface area (Å²) in [6.45, 7) is 2.46. The predicted octanol–water partition coefficient (Wildman–Crippen LogP) is 2.59. The van der Waals surface area contributed by atoms with Crippen LogP contribution < -0.4 is 5.32 Å². The number of hydrogen-bond acceptors (Lipinski definition) is 3. The lowest BCUT2D eigenvalue weighted by molar-refractivity contribution is 0.166. The van der Waals surface area contributed by atoms with E-state index in [4.69, 9.17) is 0 Å². The summed E-state index contributed by atoms with van der Waals surface area (Å²) in [6, 6.07) is 6.69. The predicted molar refractivity (Wildman–Crippen MR) is 71.8 cm³/mol. The molecule has 1 aromatic rings. The van der Waals surface area contributed by atoms with Gasteiger partial charge in [-0.2, -0.15) is 11.8 Å². The van der Waals surface area contributed by atoms with Crippen LogP contribution in [0.5, 0.6) is 0 Å². The Labute approximate surface area is 107 Å². The molecule has 96 valence electrons. The summed E-state index contributed by atoms with van der Waals surface area (Å²) in [7, 11) is 0. The molecular weight excluding hydrogens is 237 g/mol. The zero-order valence-corrected chi connectivity index (χ0v) is 11.1. The number of aliphatic hydroxyl groups is 1. The van der Waals surface area contributed by atoms with Crippen molar-refractivity contribution in [3.05, 3.63) is 35.6 Å². The van der Waals surface area contributed by atoms with Crippen molar-refractivity contribution in [1.29, 1.82) is 0 Å². The molecule has 0 aromatic heterocycles. The van der Waals surface area contributed by atoms with Crippen LogP contribution in [0.1, 0.15) is 25.0 Å². The first-order valence-corrected chi connectivity index (χ1v) is 7.19. The Morgan fingerprint density at radius 2 is 2.12 bits per heavy atom. The number of nitrogens with one attached hydrogen (secondary N) is 1. The second-order valence-corrected chi connectivity index (χ2v) is 5.11. The fraction of sp³-hybridized carbons (Fsp3) is 0.538. The fourth-order valence-electron chi connectivity index (χ4n) is 1.56. The highest BCUT2D eigenvalue weighted by atomic mass is 32.2. The first kappa shape index (κ1) is 14.5. The van der Waals surface area contributed by atoms with Crippen LogP contribution in [0.2, 0.25) is 0 Å². The number of aliphatic hydroxyl groups excluding tert-OH is 1. The van der Waals surface area contributed by atoms with Crippen LogP contribution in [-0.2, 0) is 0 Å². The lowest BCUT2D eigenvalue weighted by Crippen LogP contribution is -2.31. The van der Waals surface area contributed by atoms with Crippen molar-refractivity contribution in [2.75, 3.05) is 18.6 Å². The average molecular weight is 257 g/mol. The van der Waals surface area contributed by atoms with Crippen LogP contribution in [0.25, 0.3) is 0 Å². The number of benzene rings is 1. The largest absolute Gasteiger partial charge is 0.387 e. The second kappa shape index (κ2) is 7.69. The van der Waals surface area contributed by atoms with Gasteiger partial charge >= 0.3 is 0 Å². The van der Waals surface area contributed by atoms with Gasteiger partial charge in [0.05, 0.1) is 6.10 Å². The van der Waals surface area contributed by atoms with E-state index in [0.717, 1.165) is 12.2 Å². The summed E-state index contributed by atoms with van der Waals surface area (Å²) in [4.78, 5) is 0. The van der Waals surface area contributed by atoms with Gasteiger partial charge < -0.3 is 10.4 Å². The van der Waals surface area contributed by atoms with Crippen LogP contribution in [0, 0.1) is 5.82 Å². The Morgan fingerprint density at radius 3 is 2.76 bits per heavy atom. The molecule has 0 aliphatic heterocycles. The summed E-state index contributed by atoms with van der Waals surface area (Å²) in [6.07, 6.45) is 2.33. The Hall–Kier alpha value is -0.580. The molecule has 0 radical (unpaired) electrons. The third kappa shape index (κ3) is 5.06. The van der Waals surface area contributed by atoms with Gasteiger partial charge in [0, 0.05) is 18.2 Å². The molecule has 2 unspecified atom stereocenters. The zero-order valence-electron chi connectivity index (χ0n) is 10.3. The van der Waals surface area contributed by atoms with Gasteiger partial charge in [0.25, 0.3) is 0 Å². The van der Waals surface area contributed by atoms with Crippen LogP contribution >= 0.6 is 11.8 Å². The summed E-state index contributed by atoms with van der Waals surface area (Å²) >= 11 is 1.80. The van der Waals surface area contributed by atoms with E-state index in [1.54, 1.807) is 30.0 Å². The Morgan fingerprint density at radius 1 is 1.41 bits per heavy atom. The van der Waals surface area contributed by atoms with E-state index in [1.165, 1.54) is 6.07 Å². The average Bonchev–Trinajstić information content (AvgIpc) is 2.34. The number of rotatable bonds is 7. The molecule has 0 spiro atoms. The molecular formula is C13H20FNOS. The minimum atomic E-state index is -0.784. The second-order valence-electron chi connectivity index (χ2n) is 4.13. The molecule has 0 amide bonds. The first-order valence-electron chi connectivity index (χ1n) is 5.80. The van der Waals surface area contributed by atoms with Crippen molar-refractivity contribution in [1.82, 2.24) is 5.32 Å². The fourth-order valence-corrected chi connectivity index (χ4v) is 2.15. The highest BCUT2D eigenvalue weighted by Gasteiger charge is 2.12. The van der Waals surface area contributed by atoms with E-state index >= 15 is 0 Å². The third-order valence-corrected chi connectivity index (χ3v) is 3.32. The smallest absolute Gasteiger partial charge is 0.129 e. The van der Waals surface area contributed by atoms with Gasteiger partial charge in [-0.1, -0.05) is 18.2 Å². The normalized spacial score (nSPS) is 14.6. The summed E-state index contributed by atoms with van der Waals surface area (Å²) in [5.41, 5.74) is 0.358. The molecule has 0 heterocycles. The van der Waals surface area contributed by atoms with Crippen LogP contribution in [0.4, 0.5) is 4.39 Å². The SMILES string of the molecule is CSCCC(C)NCC(O)c1ccccc1F. The molecule has 1 rings (SSSR count). The lowest BCUT2D eigenvalue weighted by atomic mass is 10.1. The van der Waals surface area contributed by atoms with Crippen LogP contribution in [-0.4, -0.2) is 29.7 Å². The minimum absolute atomic E-state index is 0.337. The monoisotopic (exact) mass is 257 g/mol. The number of thioether (sulfide) groups is 1. The van der Waals surface area contributed by atoms with Crippen LogP contribution in [0.15, 0.2) is 24.3 Å². The first-order chi connectivity index (χ1) is 8.15. The van der Waals surface area contributed by atoms with Crippen molar-refractivity contribution < 1.29 is 9.50 Å². The Balaban J connectivity index is 2.39. The van der Waals surface area contributed by atoms with Gasteiger partial charge in [0.2, 0.25) is 0 Å². The maximum Gasteiger partial charge on any atom is 0.129 e. The number of halogens is 1. The number of hydrogen-bond donors (Lipinski definition) is 2. The Bertz CT molecular complexity index is 335. The van der Waals surface area contributed by atoms with E-state index in [2.05, 4.69) is 18.5 Å². The van der Waals surface area contributed by atoms with Crippen molar-refractivity contribution in [3.63, 3.8) is 0 Å². The van der Waals surface area contributed by atoms with Crippen molar-refractivity contribution in [2.45, 2.75) is 25.5 Å². The molecule has 0 bridgehead atoms. The van der Waals surface area contributed by atoms with Gasteiger partial charge in [-0.05, 0) is 31.4 Å². The molecule has 1 aromatic carbocycles. The Kier molecular flexibility index (Phi) is 6.55. The van der Waals surface area contributed by atoms with Crippen molar-refractivity contribution >= 4 is 11.8 Å². The molecule has 0 saturated carbocycles. The van der Waals surface area contributed by atoms with E-state index < -0.39 is 6.10 Å². The molecule has 0 aliphatic rings. The van der Waals surface area contributed by atoms with Gasteiger partial charge in [-0.15, -0.1) is 0 Å². The molecule has 2 nitrogen and oxygen atoms in total. The van der Waals surface area contributed by atoms with Crippen LogP contribution in [0.3, 0.4) is 0 Å². The molecule has 4 heteroatoms. The van der Waals surface area contributed by atoms with E-state index in [1.807, 2.05) is 0 Å². The standard InChI is InChI=1S/C13H20FNOS/c1-10(7-8-17-2)15-9-13(16)11-5-3-4-6-12(11)14/h3-6,10,13,15-16H,7-9H2,1-2H3. The summed E-state index contributed by atoms with van der Waals surface area (Å²) < 4.78 is 13.4. The zero-order chi connectivity index (χ0) is 12.7. The van der Waals surface area contributed by atoms with Gasteiger partial charge in [-0.25, -0.2) is 4.39 Å². The maximum atomic E-state index is 13.4. The molecule has 2 N–H and O–H groups in total. The van der Waals surface area contributed by atoms with Gasteiger partial charge in [0.1, 0.15) is 5.82 Å². The van der Waals surface area contributed by atoms with Gasteiger partial charge in [-0.3, -0.25) is 0 Å². The molecule has 0 saturated heterocycles. The van der Waals surface area contributed by atoms with E-state index in [0.29, 0.717) is 18.2 Å². The summed E-state index contributed by atoms with van der Waals surface area (Å²) in [5, 5.41) is 13.1. The van der Waals surface area contributed by atoms with Crippen molar-refractivity contribution in [3.8, 4) is 0 Å². The molecule has 2 atom stereocenters. The third-order valence-electron chi connectivity index (χ3n) is 2.68. The molecule has 0 fully saturated rings. The van der Waals surface area contributed by atoms with E-state index in [-0.39, 0.29) is 5.82 Å². The van der Waals surface area contributed by atoms with Crippen molar-refractivity contribution in [2.24, 2.45) is 0 Å². The molecule has 17 heavy (non-hydrogen) atoms.